The molecule has 27 heavy (non-hydrogen) atoms. The van der Waals surface area contributed by atoms with Gasteiger partial charge in [-0.1, -0.05) is 20.3 Å². The van der Waals surface area contributed by atoms with Crippen LogP contribution in [0, 0.1) is 5.82 Å². The van der Waals surface area contributed by atoms with Gasteiger partial charge in [0.2, 0.25) is 0 Å². The van der Waals surface area contributed by atoms with Gasteiger partial charge in [0.25, 0.3) is 5.56 Å². The lowest BCUT2D eigenvalue weighted by molar-refractivity contribution is 0.177. The van der Waals surface area contributed by atoms with E-state index in [1.807, 2.05) is 6.92 Å². The topological polar surface area (TPSA) is 41.4 Å². The van der Waals surface area contributed by atoms with Crippen molar-refractivity contribution in [2.24, 2.45) is 0 Å². The summed E-state index contributed by atoms with van der Waals surface area (Å²) in [7, 11) is 0. The summed E-state index contributed by atoms with van der Waals surface area (Å²) in [4.78, 5) is 22.8. The van der Waals surface area contributed by atoms with Gasteiger partial charge in [-0.15, -0.1) is 0 Å². The van der Waals surface area contributed by atoms with Crippen LogP contribution in [0.1, 0.15) is 51.9 Å². The molecule has 5 nitrogen and oxygen atoms in total. The summed E-state index contributed by atoms with van der Waals surface area (Å²) < 4.78 is 15.4. The average molecular weight is 375 g/mol. The van der Waals surface area contributed by atoms with Crippen LogP contribution in [-0.4, -0.2) is 52.1 Å². The van der Waals surface area contributed by atoms with Crippen LogP contribution in [0.5, 0.6) is 0 Å². The maximum Gasteiger partial charge on any atom is 0.261 e. The Morgan fingerprint density at radius 3 is 2.63 bits per heavy atom. The van der Waals surface area contributed by atoms with Gasteiger partial charge in [-0.3, -0.25) is 14.3 Å². The number of benzene rings is 1. The summed E-state index contributed by atoms with van der Waals surface area (Å²) >= 11 is 0. The molecule has 1 aromatic heterocycles. The zero-order valence-electron chi connectivity index (χ0n) is 16.7. The van der Waals surface area contributed by atoms with Crippen molar-refractivity contribution in [3.63, 3.8) is 0 Å². The van der Waals surface area contributed by atoms with Crippen molar-refractivity contribution in [3.8, 4) is 0 Å². The lowest BCUT2D eigenvalue weighted by Gasteiger charge is -2.31. The van der Waals surface area contributed by atoms with E-state index in [-0.39, 0.29) is 11.6 Å². The lowest BCUT2D eigenvalue weighted by Crippen LogP contribution is -2.37. The second-order valence-electron chi connectivity index (χ2n) is 7.31. The first-order chi connectivity index (χ1) is 13.1. The summed E-state index contributed by atoms with van der Waals surface area (Å²) in [6.07, 6.45) is 3.12. The Labute approximate surface area is 160 Å². The lowest BCUT2D eigenvalue weighted by atomic mass is 10.1. The average Bonchev–Trinajstić information content (AvgIpc) is 2.92. The van der Waals surface area contributed by atoms with Crippen molar-refractivity contribution in [2.75, 3.05) is 32.7 Å². The molecule has 0 unspecified atom stereocenters. The second kappa shape index (κ2) is 8.93. The minimum Gasteiger partial charge on any atom is -0.302 e. The van der Waals surface area contributed by atoms with Crippen molar-refractivity contribution >= 4 is 10.9 Å². The molecule has 0 saturated carbocycles. The fraction of sp³-hybridized carbons (Fsp3) is 0.619. The summed E-state index contributed by atoms with van der Waals surface area (Å²) in [5.74, 6) is 0.433. The second-order valence-corrected chi connectivity index (χ2v) is 7.31. The molecule has 2 heterocycles. The molecule has 0 N–H and O–H groups in total. The molecule has 0 spiro atoms. The zero-order valence-corrected chi connectivity index (χ0v) is 16.7. The number of fused-ring (bicyclic) bond motifs is 1. The van der Waals surface area contributed by atoms with Crippen LogP contribution >= 0.6 is 0 Å². The van der Waals surface area contributed by atoms with Gasteiger partial charge >= 0.3 is 0 Å². The van der Waals surface area contributed by atoms with Crippen molar-refractivity contribution in [2.45, 2.75) is 52.6 Å². The Morgan fingerprint density at radius 2 is 1.93 bits per heavy atom. The quantitative estimate of drug-likeness (QED) is 0.777. The van der Waals surface area contributed by atoms with Gasteiger partial charge in [0.15, 0.2) is 0 Å². The number of likely N-dealkylation sites (N-methyl/N-ethyl adjacent to an activating group) is 1. The predicted molar refractivity (Wildman–Crippen MR) is 108 cm³/mol. The molecule has 1 aliphatic heterocycles. The van der Waals surface area contributed by atoms with Crippen LogP contribution in [0.2, 0.25) is 0 Å². The van der Waals surface area contributed by atoms with Gasteiger partial charge < -0.3 is 4.90 Å². The van der Waals surface area contributed by atoms with E-state index >= 15 is 0 Å². The van der Waals surface area contributed by atoms with Crippen LogP contribution in [0.4, 0.5) is 4.39 Å². The van der Waals surface area contributed by atoms with Gasteiger partial charge in [-0.25, -0.2) is 9.37 Å². The fourth-order valence-electron chi connectivity index (χ4n) is 4.14. The Kier molecular flexibility index (Phi) is 6.60. The molecule has 148 valence electrons. The first kappa shape index (κ1) is 20.0. The molecule has 0 bridgehead atoms. The van der Waals surface area contributed by atoms with Gasteiger partial charge in [0.1, 0.15) is 11.6 Å². The standard InChI is InChI=1S/C21H31FN4O/c1-4-8-19(25-12-7-11-24(5-2)13-14-25)20-23-18-10-9-16(22)15-17(18)21(27)26(20)6-3/h9-10,15,19H,4-8,11-14H2,1-3H3/t19-/m1/s1. The first-order valence-electron chi connectivity index (χ1n) is 10.2. The smallest absolute Gasteiger partial charge is 0.261 e. The van der Waals surface area contributed by atoms with Gasteiger partial charge in [0.05, 0.1) is 16.9 Å². The van der Waals surface area contributed by atoms with Gasteiger partial charge in [-0.05, 0) is 51.1 Å². The summed E-state index contributed by atoms with van der Waals surface area (Å²) in [6.45, 7) is 12.1. The van der Waals surface area contributed by atoms with E-state index in [0.717, 1.165) is 57.8 Å². The van der Waals surface area contributed by atoms with Gasteiger partial charge in [-0.2, -0.15) is 0 Å². The highest BCUT2D eigenvalue weighted by molar-refractivity contribution is 5.77. The van der Waals surface area contributed by atoms with Gasteiger partial charge in [0, 0.05) is 26.2 Å². The van der Waals surface area contributed by atoms with Crippen molar-refractivity contribution < 1.29 is 4.39 Å². The highest BCUT2D eigenvalue weighted by atomic mass is 19.1. The van der Waals surface area contributed by atoms with Crippen LogP contribution < -0.4 is 5.56 Å². The minimum absolute atomic E-state index is 0.119. The Balaban J connectivity index is 2.05. The maximum atomic E-state index is 13.6. The summed E-state index contributed by atoms with van der Waals surface area (Å²) in [5, 5.41) is 0.365. The van der Waals surface area contributed by atoms with E-state index in [0.29, 0.717) is 17.4 Å². The van der Waals surface area contributed by atoms with Crippen LogP contribution in [0.15, 0.2) is 23.0 Å². The third kappa shape index (κ3) is 4.22. The van der Waals surface area contributed by atoms with Crippen LogP contribution in [0.3, 0.4) is 0 Å². The molecular weight excluding hydrogens is 343 g/mol. The number of halogens is 1. The largest absolute Gasteiger partial charge is 0.302 e. The number of rotatable bonds is 6. The SMILES string of the molecule is CCC[C@H](c1nc2ccc(F)cc2c(=O)n1CC)N1CCCN(CC)CC1. The molecule has 0 aliphatic carbocycles. The monoisotopic (exact) mass is 374 g/mol. The Morgan fingerprint density at radius 1 is 1.11 bits per heavy atom. The third-order valence-corrected chi connectivity index (χ3v) is 5.63. The highest BCUT2D eigenvalue weighted by Gasteiger charge is 2.27. The number of nitrogens with zero attached hydrogens (tertiary/aromatic N) is 4. The molecule has 0 radical (unpaired) electrons. The molecular formula is C21H31FN4O. The van der Waals surface area contributed by atoms with E-state index in [4.69, 9.17) is 4.98 Å². The predicted octanol–water partition coefficient (Wildman–Crippen LogP) is 3.42. The summed E-state index contributed by atoms with van der Waals surface area (Å²) in [5.41, 5.74) is 0.454. The molecule has 1 saturated heterocycles. The molecule has 1 atom stereocenters. The maximum absolute atomic E-state index is 13.6. The van der Waals surface area contributed by atoms with Crippen LogP contribution in [0.25, 0.3) is 10.9 Å². The molecule has 1 aromatic carbocycles. The molecule has 1 aliphatic rings. The minimum atomic E-state index is -0.394. The normalized spacial score (nSPS) is 17.9. The Hall–Kier alpha value is -1.79. The van der Waals surface area contributed by atoms with Crippen LogP contribution in [-0.2, 0) is 6.54 Å². The first-order valence-corrected chi connectivity index (χ1v) is 10.2. The van der Waals surface area contributed by atoms with E-state index < -0.39 is 5.82 Å². The Bertz CT molecular complexity index is 835. The highest BCUT2D eigenvalue weighted by Crippen LogP contribution is 2.26. The fourth-order valence-corrected chi connectivity index (χ4v) is 4.14. The molecule has 3 rings (SSSR count). The molecule has 0 amide bonds. The summed E-state index contributed by atoms with van der Waals surface area (Å²) in [6, 6.07) is 4.43. The molecule has 1 fully saturated rings. The van der Waals surface area contributed by atoms with Crippen molar-refractivity contribution in [1.82, 2.24) is 19.4 Å². The van der Waals surface area contributed by atoms with E-state index in [9.17, 15) is 9.18 Å². The van der Waals surface area contributed by atoms with E-state index in [1.165, 1.54) is 12.1 Å². The molecule has 2 aromatic rings. The zero-order chi connectivity index (χ0) is 19.4. The molecule has 6 heteroatoms. The van der Waals surface area contributed by atoms with Crippen molar-refractivity contribution in [1.29, 1.82) is 0 Å². The number of hydrogen-bond donors (Lipinski definition) is 0. The van der Waals surface area contributed by atoms with Crippen molar-refractivity contribution in [3.05, 3.63) is 40.2 Å². The van der Waals surface area contributed by atoms with E-state index in [1.54, 1.807) is 10.6 Å². The third-order valence-electron chi connectivity index (χ3n) is 5.63. The van der Waals surface area contributed by atoms with E-state index in [2.05, 4.69) is 23.6 Å². The number of hydrogen-bond acceptors (Lipinski definition) is 4. The number of aromatic nitrogens is 2.